The number of β-lactam (4-membered cyclic amide) rings is 1. The van der Waals surface area contributed by atoms with Crippen LogP contribution >= 0.6 is 11.8 Å². The fraction of sp³-hybridized carbons (Fsp3) is 0.364. The quantitative estimate of drug-likeness (QED) is 0.428. The van der Waals surface area contributed by atoms with Gasteiger partial charge in [-0.15, -0.1) is 11.8 Å². The molecule has 0 saturated carbocycles. The summed E-state index contributed by atoms with van der Waals surface area (Å²) in [6.07, 6.45) is 3.76. The van der Waals surface area contributed by atoms with Crippen molar-refractivity contribution in [2.24, 2.45) is 5.73 Å². The van der Waals surface area contributed by atoms with E-state index in [1.54, 1.807) is 12.2 Å². The normalized spacial score (nSPS) is 28.1. The van der Waals surface area contributed by atoms with E-state index in [0.29, 0.717) is 11.3 Å². The zero-order valence-electron chi connectivity index (χ0n) is 9.25. The maximum Gasteiger partial charge on any atom is 0.248 e. The number of aldehydes is 1. The number of fused-ring (bicyclic) bond motifs is 1. The minimum absolute atomic E-state index is 0.188. The Morgan fingerprint density at radius 3 is 2.88 bits per heavy atom. The van der Waals surface area contributed by atoms with Crippen molar-refractivity contribution < 1.29 is 14.4 Å². The van der Waals surface area contributed by atoms with E-state index < -0.39 is 11.8 Å². The summed E-state index contributed by atoms with van der Waals surface area (Å²) in [7, 11) is 0. The van der Waals surface area contributed by atoms with Crippen LogP contribution in [-0.2, 0) is 14.4 Å². The van der Waals surface area contributed by atoms with Gasteiger partial charge in [0.05, 0.1) is 0 Å². The fourth-order valence-corrected chi connectivity index (χ4v) is 3.23. The first-order valence-corrected chi connectivity index (χ1v) is 6.22. The first-order valence-electron chi connectivity index (χ1n) is 5.17. The molecule has 2 atom stereocenters. The molecule has 5 nitrogen and oxygen atoms in total. The Hall–Kier alpha value is -1.40. The molecule has 0 aromatic heterocycles. The largest absolute Gasteiger partial charge is 0.317 e. The second-order valence-corrected chi connectivity index (χ2v) is 4.90. The number of hydrogen-bond acceptors (Lipinski definition) is 5. The van der Waals surface area contributed by atoms with Crippen LogP contribution in [0.25, 0.3) is 0 Å². The number of hydrogen-bond donors (Lipinski definition) is 1. The van der Waals surface area contributed by atoms with E-state index in [1.807, 2.05) is 6.92 Å². The molecule has 0 aromatic rings. The Kier molecular flexibility index (Phi) is 3.17. The van der Waals surface area contributed by atoms with E-state index >= 15 is 0 Å². The molecule has 17 heavy (non-hydrogen) atoms. The van der Waals surface area contributed by atoms with Gasteiger partial charge in [0, 0.05) is 5.75 Å². The number of rotatable bonds is 3. The number of amides is 1. The lowest BCUT2D eigenvalue weighted by Gasteiger charge is -2.48. The first-order chi connectivity index (χ1) is 8.11. The lowest BCUT2D eigenvalue weighted by atomic mass is 10.0. The van der Waals surface area contributed by atoms with E-state index in [2.05, 4.69) is 0 Å². The van der Waals surface area contributed by atoms with E-state index in [4.69, 9.17) is 5.73 Å². The molecular formula is C11H12N2O3S. The summed E-state index contributed by atoms with van der Waals surface area (Å²) in [4.78, 5) is 35.2. The van der Waals surface area contributed by atoms with Gasteiger partial charge >= 0.3 is 0 Å². The van der Waals surface area contributed by atoms with Crippen molar-refractivity contribution in [3.63, 3.8) is 0 Å². The lowest BCUT2D eigenvalue weighted by Crippen LogP contribution is -2.68. The van der Waals surface area contributed by atoms with Crippen LogP contribution in [0.4, 0.5) is 0 Å². The molecule has 0 unspecified atom stereocenters. The molecule has 0 aliphatic carbocycles. The van der Waals surface area contributed by atoms with Gasteiger partial charge in [0.15, 0.2) is 6.29 Å². The number of carbonyl (C=O) groups is 3. The molecule has 0 spiro atoms. The van der Waals surface area contributed by atoms with Crippen molar-refractivity contribution in [3.05, 3.63) is 23.4 Å². The van der Waals surface area contributed by atoms with E-state index in [9.17, 15) is 14.4 Å². The topological polar surface area (TPSA) is 80.5 Å². The molecule has 0 radical (unpaired) electrons. The molecule has 1 fully saturated rings. The maximum atomic E-state index is 11.6. The van der Waals surface area contributed by atoms with E-state index in [1.165, 1.54) is 16.7 Å². The molecule has 2 rings (SSSR count). The molecule has 2 aliphatic rings. The van der Waals surface area contributed by atoms with Crippen LogP contribution < -0.4 is 5.73 Å². The number of Topliss-reactive ketones (excluding diaryl/α,β-unsaturated/α-hetero) is 1. The standard InChI is InChI=1S/C11H12N2O3S/c1-2-3-6-5-17-11-8(12)10(16)13(11)9(6)7(15)4-14/h2-4,8,11H,5,12H2,1H3/b3-2+/t8-,11-/m1/s1. The van der Waals surface area contributed by atoms with Crippen LogP contribution in [0.2, 0.25) is 0 Å². The van der Waals surface area contributed by atoms with Crippen LogP contribution in [0.5, 0.6) is 0 Å². The molecule has 0 aromatic carbocycles. The highest BCUT2D eigenvalue weighted by molar-refractivity contribution is 8.00. The predicted molar refractivity (Wildman–Crippen MR) is 64.0 cm³/mol. The lowest BCUT2D eigenvalue weighted by molar-refractivity contribution is -0.144. The number of thioether (sulfide) groups is 1. The Morgan fingerprint density at radius 1 is 1.59 bits per heavy atom. The summed E-state index contributed by atoms with van der Waals surface area (Å²) in [6, 6.07) is -0.568. The molecule has 2 aliphatic heterocycles. The third kappa shape index (κ3) is 1.73. The maximum absolute atomic E-state index is 11.6. The van der Waals surface area contributed by atoms with Crippen molar-refractivity contribution in [1.29, 1.82) is 0 Å². The van der Waals surface area contributed by atoms with Gasteiger partial charge in [0.25, 0.3) is 0 Å². The fourth-order valence-electron chi connectivity index (χ4n) is 1.96. The predicted octanol–water partition coefficient (Wildman–Crippen LogP) is -0.173. The summed E-state index contributed by atoms with van der Waals surface area (Å²) >= 11 is 1.51. The van der Waals surface area contributed by atoms with Crippen LogP contribution in [0.1, 0.15) is 6.92 Å². The van der Waals surface area contributed by atoms with E-state index in [0.717, 1.165) is 0 Å². The summed E-state index contributed by atoms with van der Waals surface area (Å²) in [5.41, 5.74) is 6.54. The zero-order valence-corrected chi connectivity index (χ0v) is 10.1. The zero-order chi connectivity index (χ0) is 12.6. The van der Waals surface area contributed by atoms with Crippen molar-refractivity contribution >= 4 is 29.7 Å². The molecule has 1 amide bonds. The summed E-state index contributed by atoms with van der Waals surface area (Å²) in [6.45, 7) is 1.82. The Labute approximate surface area is 103 Å². The van der Waals surface area contributed by atoms with Gasteiger partial charge in [-0.2, -0.15) is 0 Å². The monoisotopic (exact) mass is 252 g/mol. The molecule has 2 N–H and O–H groups in total. The molecular weight excluding hydrogens is 240 g/mol. The third-order valence-electron chi connectivity index (χ3n) is 2.75. The van der Waals surface area contributed by atoms with Gasteiger partial charge in [-0.1, -0.05) is 12.2 Å². The SMILES string of the molecule is C/C=C/C1=C(C(=O)C=O)N2C(=O)[C@@H](N)[C@H]2SC1. The summed E-state index contributed by atoms with van der Waals surface area (Å²) in [5.74, 6) is -0.375. The Balaban J connectivity index is 2.44. The number of carbonyl (C=O) groups excluding carboxylic acids is 3. The summed E-state index contributed by atoms with van der Waals surface area (Å²) < 4.78 is 0. The second-order valence-electron chi connectivity index (χ2n) is 3.79. The van der Waals surface area contributed by atoms with Crippen LogP contribution in [0.15, 0.2) is 23.4 Å². The van der Waals surface area contributed by atoms with Gasteiger partial charge in [0.2, 0.25) is 11.7 Å². The van der Waals surface area contributed by atoms with Crippen LogP contribution in [0.3, 0.4) is 0 Å². The average Bonchev–Trinajstić information content (AvgIpc) is 2.36. The number of ketones is 1. The van der Waals surface area contributed by atoms with Gasteiger partial charge < -0.3 is 5.73 Å². The number of nitrogens with zero attached hydrogens (tertiary/aromatic N) is 1. The van der Waals surface area contributed by atoms with Crippen LogP contribution in [0, 0.1) is 0 Å². The molecule has 6 heteroatoms. The van der Waals surface area contributed by atoms with E-state index in [-0.39, 0.29) is 23.3 Å². The van der Waals surface area contributed by atoms with Gasteiger partial charge in [-0.05, 0) is 12.5 Å². The minimum Gasteiger partial charge on any atom is -0.317 e. The molecule has 90 valence electrons. The average molecular weight is 252 g/mol. The van der Waals surface area contributed by atoms with Gasteiger partial charge in [-0.3, -0.25) is 19.3 Å². The molecule has 2 heterocycles. The Morgan fingerprint density at radius 2 is 2.29 bits per heavy atom. The van der Waals surface area contributed by atoms with Crippen molar-refractivity contribution in [2.75, 3.05) is 5.75 Å². The van der Waals surface area contributed by atoms with Gasteiger partial charge in [0.1, 0.15) is 17.1 Å². The van der Waals surface area contributed by atoms with Crippen molar-refractivity contribution in [1.82, 2.24) is 4.90 Å². The number of nitrogens with two attached hydrogens (primary N) is 1. The van der Waals surface area contributed by atoms with Crippen LogP contribution in [-0.4, -0.2) is 40.0 Å². The first kappa shape index (κ1) is 12.1. The minimum atomic E-state index is -0.663. The molecule has 1 saturated heterocycles. The highest BCUT2D eigenvalue weighted by Gasteiger charge is 2.51. The highest BCUT2D eigenvalue weighted by Crippen LogP contribution is 2.39. The molecule has 0 bridgehead atoms. The van der Waals surface area contributed by atoms with Crippen molar-refractivity contribution in [3.8, 4) is 0 Å². The smallest absolute Gasteiger partial charge is 0.248 e. The van der Waals surface area contributed by atoms with Crippen molar-refractivity contribution in [2.45, 2.75) is 18.3 Å². The second kappa shape index (κ2) is 4.46. The number of allylic oxidation sites excluding steroid dienone is 3. The Bertz CT molecular complexity index is 456. The highest BCUT2D eigenvalue weighted by atomic mass is 32.2. The third-order valence-corrected chi connectivity index (χ3v) is 4.07. The van der Waals surface area contributed by atoms with Gasteiger partial charge in [-0.25, -0.2) is 0 Å². The summed E-state index contributed by atoms with van der Waals surface area (Å²) in [5, 5.41) is -0.213.